The zero-order chi connectivity index (χ0) is 13.1. The Morgan fingerprint density at radius 3 is 2.22 bits per heavy atom. The van der Waals surface area contributed by atoms with Crippen LogP contribution in [0.1, 0.15) is 26.2 Å². The standard InChI is InChI=1S/C13H28N4.ClH/c1-6-14-12-15-10-9-13(17(4)5)8-7-11-16(2)3;/h13H,6-11H2,1-5H3;1H. The van der Waals surface area contributed by atoms with E-state index in [4.69, 9.17) is 0 Å². The van der Waals surface area contributed by atoms with Crippen molar-refractivity contribution in [3.05, 3.63) is 0 Å². The van der Waals surface area contributed by atoms with Crippen LogP contribution in [0.5, 0.6) is 0 Å². The normalized spacial score (nSPS) is 11.9. The van der Waals surface area contributed by atoms with Crippen molar-refractivity contribution in [3.63, 3.8) is 0 Å². The van der Waals surface area contributed by atoms with Gasteiger partial charge in [-0.2, -0.15) is 0 Å². The quantitative estimate of drug-likeness (QED) is 0.605. The van der Waals surface area contributed by atoms with E-state index in [-0.39, 0.29) is 12.4 Å². The molecule has 0 heterocycles. The average molecular weight is 277 g/mol. The minimum Gasteiger partial charge on any atom is -0.309 e. The molecule has 1 atom stereocenters. The lowest BCUT2D eigenvalue weighted by Gasteiger charge is -2.24. The summed E-state index contributed by atoms with van der Waals surface area (Å²) in [6.07, 6.45) is 3.56. The lowest BCUT2D eigenvalue weighted by atomic mass is 10.1. The monoisotopic (exact) mass is 276 g/mol. The number of rotatable bonds is 9. The molecule has 5 heteroatoms. The molecule has 0 aromatic heterocycles. The molecule has 4 nitrogen and oxygen atoms in total. The molecule has 0 aliphatic heterocycles. The maximum absolute atomic E-state index is 4.17. The third-order valence-electron chi connectivity index (χ3n) is 2.75. The molecular weight excluding hydrogens is 248 g/mol. The van der Waals surface area contributed by atoms with Crippen molar-refractivity contribution >= 4 is 18.4 Å². The summed E-state index contributed by atoms with van der Waals surface area (Å²) in [5.41, 5.74) is 0. The second-order valence-corrected chi connectivity index (χ2v) is 4.81. The van der Waals surface area contributed by atoms with Crippen molar-refractivity contribution < 1.29 is 0 Å². The molecule has 0 radical (unpaired) electrons. The maximum atomic E-state index is 4.17. The van der Waals surface area contributed by atoms with Crippen LogP contribution < -0.4 is 0 Å². The summed E-state index contributed by atoms with van der Waals surface area (Å²) < 4.78 is 0. The molecule has 0 spiro atoms. The van der Waals surface area contributed by atoms with Gasteiger partial charge in [-0.05, 0) is 60.9 Å². The minimum atomic E-state index is 0. The fourth-order valence-corrected chi connectivity index (χ4v) is 1.69. The molecule has 0 rings (SSSR count). The highest BCUT2D eigenvalue weighted by Crippen LogP contribution is 2.08. The molecule has 18 heavy (non-hydrogen) atoms. The van der Waals surface area contributed by atoms with E-state index in [9.17, 15) is 0 Å². The fraction of sp³-hybridized carbons (Fsp3) is 0.923. The van der Waals surface area contributed by atoms with Crippen LogP contribution in [-0.2, 0) is 0 Å². The summed E-state index contributed by atoms with van der Waals surface area (Å²) in [7, 11) is 8.53. The van der Waals surface area contributed by atoms with E-state index in [2.05, 4.69) is 54.0 Å². The van der Waals surface area contributed by atoms with Crippen molar-refractivity contribution in [2.45, 2.75) is 32.2 Å². The molecule has 108 valence electrons. The first-order valence-electron chi connectivity index (χ1n) is 6.47. The van der Waals surface area contributed by atoms with Crippen molar-refractivity contribution in [3.8, 4) is 0 Å². The Balaban J connectivity index is 0. The molecule has 0 aromatic carbocycles. The van der Waals surface area contributed by atoms with Gasteiger partial charge in [0.2, 0.25) is 0 Å². The van der Waals surface area contributed by atoms with Crippen LogP contribution in [0.3, 0.4) is 0 Å². The first-order chi connectivity index (χ1) is 8.07. The van der Waals surface area contributed by atoms with Crippen molar-refractivity contribution in [1.82, 2.24) is 9.80 Å². The number of nitrogens with zero attached hydrogens (tertiary/aromatic N) is 4. The zero-order valence-electron chi connectivity index (χ0n) is 12.5. The van der Waals surface area contributed by atoms with Crippen LogP contribution in [0, 0.1) is 0 Å². The first-order valence-corrected chi connectivity index (χ1v) is 6.47. The topological polar surface area (TPSA) is 31.2 Å². The lowest BCUT2D eigenvalue weighted by Crippen LogP contribution is -2.29. The van der Waals surface area contributed by atoms with Crippen LogP contribution in [0.4, 0.5) is 0 Å². The SMILES string of the molecule is CCN=C=NCCC(CCCN(C)C)N(C)C.Cl. The number of hydrogen-bond acceptors (Lipinski definition) is 4. The molecule has 0 fully saturated rings. The number of aliphatic imine (C=N–C) groups is 2. The Kier molecular flexibility index (Phi) is 14.4. The molecule has 0 saturated carbocycles. The van der Waals surface area contributed by atoms with Gasteiger partial charge >= 0.3 is 0 Å². The van der Waals surface area contributed by atoms with E-state index in [1.54, 1.807) is 0 Å². The smallest absolute Gasteiger partial charge is 0.0892 e. The summed E-state index contributed by atoms with van der Waals surface area (Å²) >= 11 is 0. The molecule has 0 aliphatic carbocycles. The van der Waals surface area contributed by atoms with E-state index < -0.39 is 0 Å². The Labute approximate surface area is 119 Å². The van der Waals surface area contributed by atoms with E-state index in [0.717, 1.165) is 26.1 Å². The molecule has 0 aromatic rings. The van der Waals surface area contributed by atoms with Crippen LogP contribution in [0.25, 0.3) is 0 Å². The third kappa shape index (κ3) is 12.1. The third-order valence-corrected chi connectivity index (χ3v) is 2.75. The van der Waals surface area contributed by atoms with Gasteiger partial charge in [0.15, 0.2) is 0 Å². The van der Waals surface area contributed by atoms with Crippen LogP contribution in [0.15, 0.2) is 9.98 Å². The molecular formula is C13H29ClN4. The summed E-state index contributed by atoms with van der Waals surface area (Å²) in [4.78, 5) is 12.7. The Morgan fingerprint density at radius 2 is 1.72 bits per heavy atom. The molecule has 0 N–H and O–H groups in total. The van der Waals surface area contributed by atoms with E-state index in [0.29, 0.717) is 6.04 Å². The summed E-state index contributed by atoms with van der Waals surface area (Å²) in [5, 5.41) is 0. The predicted octanol–water partition coefficient (Wildman–Crippen LogP) is 2.26. The highest BCUT2D eigenvalue weighted by molar-refractivity contribution is 5.85. The first kappa shape index (κ1) is 19.9. The summed E-state index contributed by atoms with van der Waals surface area (Å²) in [5.74, 6) is 0. The van der Waals surface area contributed by atoms with Crippen LogP contribution >= 0.6 is 12.4 Å². The van der Waals surface area contributed by atoms with Gasteiger partial charge in [0.05, 0.1) is 12.6 Å². The van der Waals surface area contributed by atoms with Crippen LogP contribution in [0.2, 0.25) is 0 Å². The zero-order valence-corrected chi connectivity index (χ0v) is 13.3. The fourth-order valence-electron chi connectivity index (χ4n) is 1.69. The Hall–Kier alpha value is -0.410. The molecule has 0 saturated heterocycles. The minimum absolute atomic E-state index is 0. The number of hydrogen-bond donors (Lipinski definition) is 0. The van der Waals surface area contributed by atoms with Gasteiger partial charge in [-0.3, -0.25) is 0 Å². The van der Waals surface area contributed by atoms with E-state index >= 15 is 0 Å². The highest BCUT2D eigenvalue weighted by atomic mass is 35.5. The van der Waals surface area contributed by atoms with Gasteiger partial charge in [0, 0.05) is 12.6 Å². The second kappa shape index (κ2) is 13.0. The molecule has 0 bridgehead atoms. The van der Waals surface area contributed by atoms with Gasteiger partial charge in [-0.1, -0.05) is 0 Å². The van der Waals surface area contributed by atoms with Crippen LogP contribution in [-0.4, -0.2) is 69.7 Å². The largest absolute Gasteiger partial charge is 0.309 e. The van der Waals surface area contributed by atoms with Crippen molar-refractivity contribution in [1.29, 1.82) is 0 Å². The van der Waals surface area contributed by atoms with E-state index in [1.807, 2.05) is 6.92 Å². The van der Waals surface area contributed by atoms with Gasteiger partial charge in [0.25, 0.3) is 0 Å². The van der Waals surface area contributed by atoms with Crippen molar-refractivity contribution in [2.24, 2.45) is 9.98 Å². The van der Waals surface area contributed by atoms with Gasteiger partial charge in [-0.25, -0.2) is 9.98 Å². The van der Waals surface area contributed by atoms with E-state index in [1.165, 1.54) is 12.8 Å². The maximum Gasteiger partial charge on any atom is 0.0892 e. The highest BCUT2D eigenvalue weighted by Gasteiger charge is 2.10. The summed E-state index contributed by atoms with van der Waals surface area (Å²) in [6.45, 7) is 4.75. The van der Waals surface area contributed by atoms with Gasteiger partial charge < -0.3 is 9.80 Å². The van der Waals surface area contributed by atoms with Crippen molar-refractivity contribution in [2.75, 3.05) is 47.8 Å². The second-order valence-electron chi connectivity index (χ2n) is 4.81. The number of halogens is 1. The predicted molar refractivity (Wildman–Crippen MR) is 82.4 cm³/mol. The van der Waals surface area contributed by atoms with Gasteiger partial charge in [0.1, 0.15) is 0 Å². The van der Waals surface area contributed by atoms with Gasteiger partial charge in [-0.15, -0.1) is 12.4 Å². The molecule has 1 unspecified atom stereocenters. The molecule has 0 amide bonds. The summed E-state index contributed by atoms with van der Waals surface area (Å²) in [6, 6.07) is 3.34. The molecule has 0 aliphatic rings. The Morgan fingerprint density at radius 1 is 1.06 bits per heavy atom. The average Bonchev–Trinajstić information content (AvgIpc) is 2.25. The Bertz CT molecular complexity index is 235. The lowest BCUT2D eigenvalue weighted by molar-refractivity contribution is 0.252.